The lowest BCUT2D eigenvalue weighted by Crippen LogP contribution is -2.49. The minimum atomic E-state index is -0.481. The molecular formula is C13H19BrN4O2. The molecule has 0 radical (unpaired) electrons. The van der Waals surface area contributed by atoms with Gasteiger partial charge in [0.2, 0.25) is 5.91 Å². The number of rotatable bonds is 4. The van der Waals surface area contributed by atoms with Crippen LogP contribution < -0.4 is 11.1 Å². The highest BCUT2D eigenvalue weighted by Crippen LogP contribution is 2.19. The van der Waals surface area contributed by atoms with Gasteiger partial charge in [-0.1, -0.05) is 0 Å². The largest absolute Gasteiger partial charge is 0.368 e. The first-order chi connectivity index (χ1) is 9.49. The lowest BCUT2D eigenvalue weighted by atomic mass is 10.0. The number of amides is 2. The van der Waals surface area contributed by atoms with Crippen LogP contribution in [0.5, 0.6) is 0 Å². The number of nitrogens with zero attached hydrogens (tertiary/aromatic N) is 2. The molecule has 1 fully saturated rings. The van der Waals surface area contributed by atoms with Crippen LogP contribution in [0.4, 0.5) is 0 Å². The molecule has 6 nitrogen and oxygen atoms in total. The van der Waals surface area contributed by atoms with Gasteiger partial charge in [-0.15, -0.1) is 0 Å². The van der Waals surface area contributed by atoms with Gasteiger partial charge in [0.1, 0.15) is 5.69 Å². The van der Waals surface area contributed by atoms with Crippen LogP contribution in [0.1, 0.15) is 23.3 Å². The predicted octanol–water partition coefficient (Wildman–Crippen LogP) is 0.467. The summed E-state index contributed by atoms with van der Waals surface area (Å²) >= 11 is 3.35. The van der Waals surface area contributed by atoms with Crippen LogP contribution in [-0.2, 0) is 11.8 Å². The second kappa shape index (κ2) is 6.41. The SMILES string of the molecule is Cn1cc(Br)cc1C(=O)N(CC(N)=O)C1CCNCC1. The van der Waals surface area contributed by atoms with Gasteiger partial charge in [0.15, 0.2) is 0 Å². The van der Waals surface area contributed by atoms with Crippen molar-refractivity contribution in [3.8, 4) is 0 Å². The molecule has 2 rings (SSSR count). The smallest absolute Gasteiger partial charge is 0.271 e. The van der Waals surface area contributed by atoms with Crippen LogP contribution in [-0.4, -0.2) is 47.0 Å². The molecule has 1 aromatic rings. The number of piperidine rings is 1. The summed E-state index contributed by atoms with van der Waals surface area (Å²) in [5, 5.41) is 3.25. The highest BCUT2D eigenvalue weighted by atomic mass is 79.9. The average molecular weight is 343 g/mol. The van der Waals surface area contributed by atoms with Crippen LogP contribution in [0.15, 0.2) is 16.7 Å². The lowest BCUT2D eigenvalue weighted by molar-refractivity contribution is -0.119. The second-order valence-electron chi connectivity index (χ2n) is 5.04. The number of nitrogens with one attached hydrogen (secondary N) is 1. The van der Waals surface area contributed by atoms with E-state index in [1.807, 2.05) is 13.2 Å². The number of hydrogen-bond acceptors (Lipinski definition) is 3. The monoisotopic (exact) mass is 342 g/mol. The van der Waals surface area contributed by atoms with Crippen LogP contribution in [0, 0.1) is 0 Å². The Labute approximate surface area is 126 Å². The van der Waals surface area contributed by atoms with Gasteiger partial charge in [-0.05, 0) is 47.9 Å². The molecular weight excluding hydrogens is 324 g/mol. The summed E-state index contributed by atoms with van der Waals surface area (Å²) in [7, 11) is 1.81. The molecule has 1 saturated heterocycles. The third kappa shape index (κ3) is 3.40. The number of aromatic nitrogens is 1. The van der Waals surface area contributed by atoms with Crippen LogP contribution >= 0.6 is 15.9 Å². The summed E-state index contributed by atoms with van der Waals surface area (Å²) in [6, 6.07) is 1.82. The van der Waals surface area contributed by atoms with Gasteiger partial charge in [0.05, 0.1) is 6.54 Å². The van der Waals surface area contributed by atoms with Gasteiger partial charge in [-0.2, -0.15) is 0 Å². The number of hydrogen-bond donors (Lipinski definition) is 2. The molecule has 1 aliphatic heterocycles. The fourth-order valence-corrected chi connectivity index (χ4v) is 3.06. The molecule has 0 bridgehead atoms. The molecule has 1 aliphatic rings. The van der Waals surface area contributed by atoms with Crippen molar-refractivity contribution >= 4 is 27.7 Å². The van der Waals surface area contributed by atoms with Crippen molar-refractivity contribution in [1.29, 1.82) is 0 Å². The van der Waals surface area contributed by atoms with E-state index in [0.717, 1.165) is 30.4 Å². The molecule has 0 atom stereocenters. The number of carbonyl (C=O) groups is 2. The van der Waals surface area contributed by atoms with Crippen LogP contribution in [0.3, 0.4) is 0 Å². The fraction of sp³-hybridized carbons (Fsp3) is 0.538. The summed E-state index contributed by atoms with van der Waals surface area (Å²) in [4.78, 5) is 25.5. The van der Waals surface area contributed by atoms with Gasteiger partial charge in [0, 0.05) is 23.8 Å². The Balaban J connectivity index is 2.23. The zero-order valence-corrected chi connectivity index (χ0v) is 13.0. The quantitative estimate of drug-likeness (QED) is 0.834. The molecule has 110 valence electrons. The van der Waals surface area contributed by atoms with E-state index in [1.54, 1.807) is 15.5 Å². The Kier molecular flexibility index (Phi) is 4.82. The van der Waals surface area contributed by atoms with E-state index in [4.69, 9.17) is 5.73 Å². The molecule has 3 N–H and O–H groups in total. The van der Waals surface area contributed by atoms with Gasteiger partial charge in [0.25, 0.3) is 5.91 Å². The van der Waals surface area contributed by atoms with E-state index in [9.17, 15) is 9.59 Å². The maximum absolute atomic E-state index is 12.7. The van der Waals surface area contributed by atoms with E-state index in [-0.39, 0.29) is 18.5 Å². The zero-order valence-electron chi connectivity index (χ0n) is 11.4. The molecule has 0 aliphatic carbocycles. The van der Waals surface area contributed by atoms with E-state index >= 15 is 0 Å². The van der Waals surface area contributed by atoms with Crippen molar-refractivity contribution in [3.63, 3.8) is 0 Å². The number of primary amides is 1. The molecule has 0 aromatic carbocycles. The minimum absolute atomic E-state index is 0.0354. The molecule has 20 heavy (non-hydrogen) atoms. The van der Waals surface area contributed by atoms with Crippen LogP contribution in [0.2, 0.25) is 0 Å². The Morgan fingerprint density at radius 1 is 1.50 bits per heavy atom. The van der Waals surface area contributed by atoms with Crippen LogP contribution in [0.25, 0.3) is 0 Å². The van der Waals surface area contributed by atoms with Crippen molar-refractivity contribution in [2.24, 2.45) is 12.8 Å². The van der Waals surface area contributed by atoms with Crippen molar-refractivity contribution in [2.45, 2.75) is 18.9 Å². The number of nitrogens with two attached hydrogens (primary N) is 1. The fourth-order valence-electron chi connectivity index (χ4n) is 2.54. The van der Waals surface area contributed by atoms with Crippen molar-refractivity contribution in [1.82, 2.24) is 14.8 Å². The second-order valence-corrected chi connectivity index (χ2v) is 5.95. The van der Waals surface area contributed by atoms with Gasteiger partial charge in [-0.3, -0.25) is 9.59 Å². The molecule has 1 aromatic heterocycles. The van der Waals surface area contributed by atoms with E-state index < -0.39 is 5.91 Å². The first-order valence-electron chi connectivity index (χ1n) is 6.61. The maximum Gasteiger partial charge on any atom is 0.271 e. The van der Waals surface area contributed by atoms with E-state index in [2.05, 4.69) is 21.2 Å². The normalized spacial score (nSPS) is 16.1. The molecule has 0 saturated carbocycles. The van der Waals surface area contributed by atoms with Crippen molar-refractivity contribution < 1.29 is 9.59 Å². The first-order valence-corrected chi connectivity index (χ1v) is 7.40. The Morgan fingerprint density at radius 2 is 2.15 bits per heavy atom. The van der Waals surface area contributed by atoms with E-state index in [0.29, 0.717) is 5.69 Å². The average Bonchev–Trinajstić information content (AvgIpc) is 2.75. The molecule has 2 amide bonds. The Hall–Kier alpha value is -1.34. The molecule has 0 unspecified atom stereocenters. The van der Waals surface area contributed by atoms with Crippen molar-refractivity contribution in [2.75, 3.05) is 19.6 Å². The highest BCUT2D eigenvalue weighted by Gasteiger charge is 2.28. The standard InChI is InChI=1S/C13H19BrN4O2/c1-17-7-9(14)6-11(17)13(20)18(8-12(15)19)10-2-4-16-5-3-10/h6-7,10,16H,2-5,8H2,1H3,(H2,15,19). The summed E-state index contributed by atoms with van der Waals surface area (Å²) in [6.45, 7) is 1.67. The zero-order chi connectivity index (χ0) is 14.7. The minimum Gasteiger partial charge on any atom is -0.368 e. The van der Waals surface area contributed by atoms with Crippen molar-refractivity contribution in [3.05, 3.63) is 22.4 Å². The third-order valence-corrected chi connectivity index (χ3v) is 3.96. The summed E-state index contributed by atoms with van der Waals surface area (Å²) in [6.07, 6.45) is 3.49. The molecule has 2 heterocycles. The number of aryl methyl sites for hydroxylation is 1. The first kappa shape index (κ1) is 15.1. The number of halogens is 1. The van der Waals surface area contributed by atoms with Gasteiger partial charge in [-0.25, -0.2) is 0 Å². The molecule has 7 heteroatoms. The predicted molar refractivity (Wildman–Crippen MR) is 79.2 cm³/mol. The van der Waals surface area contributed by atoms with E-state index in [1.165, 1.54) is 0 Å². The lowest BCUT2D eigenvalue weighted by Gasteiger charge is -2.33. The third-order valence-electron chi connectivity index (χ3n) is 3.53. The topological polar surface area (TPSA) is 80.4 Å². The maximum atomic E-state index is 12.7. The molecule has 0 spiro atoms. The highest BCUT2D eigenvalue weighted by molar-refractivity contribution is 9.10. The number of carbonyl (C=O) groups excluding carboxylic acids is 2. The summed E-state index contributed by atoms with van der Waals surface area (Å²) in [5.74, 6) is -0.631. The Morgan fingerprint density at radius 3 is 2.65 bits per heavy atom. The van der Waals surface area contributed by atoms with Gasteiger partial charge < -0.3 is 20.5 Å². The summed E-state index contributed by atoms with van der Waals surface area (Å²) in [5.41, 5.74) is 5.85. The Bertz CT molecular complexity index is 508. The summed E-state index contributed by atoms with van der Waals surface area (Å²) < 4.78 is 2.59. The van der Waals surface area contributed by atoms with Gasteiger partial charge >= 0.3 is 0 Å².